The van der Waals surface area contributed by atoms with E-state index in [1.165, 1.54) is 4.90 Å². The number of carbonyl (C=O) groups excluding carboxylic acids is 2. The molecule has 1 aromatic heterocycles. The highest BCUT2D eigenvalue weighted by Crippen LogP contribution is 2.41. The number of fused-ring (bicyclic) bond motifs is 2. The molecule has 24 heavy (non-hydrogen) atoms. The fourth-order valence-corrected chi connectivity index (χ4v) is 5.73. The molecule has 2 fully saturated rings. The second kappa shape index (κ2) is 6.48. The first-order chi connectivity index (χ1) is 11.7. The van der Waals surface area contributed by atoms with Crippen LogP contribution in [0.3, 0.4) is 0 Å². The number of thiazole rings is 1. The number of imide groups is 1. The molecule has 2 amide bonds. The highest BCUT2D eigenvalue weighted by molar-refractivity contribution is 8.01. The van der Waals surface area contributed by atoms with Crippen LogP contribution in [0.25, 0.3) is 10.2 Å². The number of rotatable bonds is 4. The third-order valence-corrected chi connectivity index (χ3v) is 7.25. The zero-order chi connectivity index (χ0) is 16.7. The summed E-state index contributed by atoms with van der Waals surface area (Å²) in [5, 5.41) is 0. The monoisotopic (exact) mass is 360 g/mol. The number of nitrogens with zero attached hydrogens (tertiary/aromatic N) is 2. The molecule has 4 nitrogen and oxygen atoms in total. The van der Waals surface area contributed by atoms with Gasteiger partial charge in [-0.15, -0.1) is 11.3 Å². The molecule has 1 aliphatic heterocycles. The third-order valence-electron chi connectivity index (χ3n) is 4.88. The minimum Gasteiger partial charge on any atom is -0.274 e. The lowest BCUT2D eigenvalue weighted by molar-refractivity contribution is -0.122. The first kappa shape index (κ1) is 16.1. The molecule has 2 aromatic rings. The lowest BCUT2D eigenvalue weighted by atomic mass is 9.81. The highest BCUT2D eigenvalue weighted by atomic mass is 32.2. The van der Waals surface area contributed by atoms with Crippen molar-refractivity contribution in [2.45, 2.75) is 43.4 Å². The molecule has 0 bridgehead atoms. The summed E-state index contributed by atoms with van der Waals surface area (Å²) in [6.45, 7) is 2.16. The molecule has 0 radical (unpaired) electrons. The average molecular weight is 361 g/mol. The van der Waals surface area contributed by atoms with Crippen LogP contribution in [0.5, 0.6) is 0 Å². The Balaban J connectivity index is 1.66. The molecular weight excluding hydrogens is 340 g/mol. The van der Waals surface area contributed by atoms with E-state index in [4.69, 9.17) is 0 Å². The lowest BCUT2D eigenvalue weighted by Gasteiger charge is -2.19. The Morgan fingerprint density at radius 2 is 1.92 bits per heavy atom. The summed E-state index contributed by atoms with van der Waals surface area (Å²) in [6.07, 6.45) is 4.93. The fourth-order valence-electron chi connectivity index (χ4n) is 3.70. The fraction of sp³-hybridized carbons (Fsp3) is 0.500. The first-order valence-corrected chi connectivity index (χ1v) is 10.4. The molecule has 0 unspecified atom stereocenters. The van der Waals surface area contributed by atoms with Crippen molar-refractivity contribution in [3.63, 3.8) is 0 Å². The Kier molecular flexibility index (Phi) is 4.35. The minimum atomic E-state index is -0.0981. The number of hydrogen-bond acceptors (Lipinski definition) is 5. The Labute approximate surface area is 149 Å². The standard InChI is InChI=1S/C18H20N2O2S2/c1-2-9-23-18-19-14-8-7-11(10-15(14)24-18)20-16(21)12-5-3-4-6-13(12)17(20)22/h7-8,10,12-13H,2-6,9H2,1H3/t12-,13-/m1/s1. The maximum absolute atomic E-state index is 12.7. The zero-order valence-corrected chi connectivity index (χ0v) is 15.3. The molecule has 6 heteroatoms. The van der Waals surface area contributed by atoms with Gasteiger partial charge in [0, 0.05) is 5.75 Å². The van der Waals surface area contributed by atoms with Gasteiger partial charge in [-0.05, 0) is 37.5 Å². The van der Waals surface area contributed by atoms with Crippen LogP contribution in [0.4, 0.5) is 5.69 Å². The number of hydrogen-bond donors (Lipinski definition) is 0. The van der Waals surface area contributed by atoms with E-state index in [2.05, 4.69) is 11.9 Å². The predicted molar refractivity (Wildman–Crippen MR) is 98.6 cm³/mol. The Hall–Kier alpha value is -1.40. The maximum atomic E-state index is 12.7. The highest BCUT2D eigenvalue weighted by Gasteiger charge is 2.48. The summed E-state index contributed by atoms with van der Waals surface area (Å²) >= 11 is 3.40. The molecule has 4 rings (SSSR count). The van der Waals surface area contributed by atoms with Crippen LogP contribution in [0.15, 0.2) is 22.5 Å². The van der Waals surface area contributed by atoms with Gasteiger partial charge in [-0.25, -0.2) is 4.98 Å². The van der Waals surface area contributed by atoms with Crippen LogP contribution in [-0.2, 0) is 9.59 Å². The second-order valence-electron chi connectivity index (χ2n) is 6.49. The summed E-state index contributed by atoms with van der Waals surface area (Å²) in [4.78, 5) is 31.5. The number of benzene rings is 1. The second-order valence-corrected chi connectivity index (χ2v) is 8.86. The molecule has 1 aromatic carbocycles. The van der Waals surface area contributed by atoms with Crippen molar-refractivity contribution in [1.82, 2.24) is 4.98 Å². The largest absolute Gasteiger partial charge is 0.274 e. The van der Waals surface area contributed by atoms with E-state index >= 15 is 0 Å². The molecule has 0 spiro atoms. The number of amides is 2. The molecule has 0 N–H and O–H groups in total. The molecule has 1 saturated heterocycles. The van der Waals surface area contributed by atoms with Crippen molar-refractivity contribution in [3.05, 3.63) is 18.2 Å². The van der Waals surface area contributed by atoms with Gasteiger partial charge >= 0.3 is 0 Å². The molecule has 2 heterocycles. The van der Waals surface area contributed by atoms with Gasteiger partial charge < -0.3 is 0 Å². The van der Waals surface area contributed by atoms with Crippen LogP contribution < -0.4 is 4.90 Å². The normalized spacial score (nSPS) is 24.0. The first-order valence-electron chi connectivity index (χ1n) is 8.60. The maximum Gasteiger partial charge on any atom is 0.237 e. The van der Waals surface area contributed by atoms with Gasteiger partial charge in [0.05, 0.1) is 27.7 Å². The molecule has 126 valence electrons. The van der Waals surface area contributed by atoms with Crippen molar-refractivity contribution in [3.8, 4) is 0 Å². The quantitative estimate of drug-likeness (QED) is 0.596. The van der Waals surface area contributed by atoms with Gasteiger partial charge in [-0.1, -0.05) is 31.5 Å². The molecule has 2 atom stereocenters. The summed E-state index contributed by atoms with van der Waals surface area (Å²) in [6, 6.07) is 5.75. The minimum absolute atomic E-state index is 0.00542. The zero-order valence-electron chi connectivity index (χ0n) is 13.7. The van der Waals surface area contributed by atoms with Crippen LogP contribution in [0.1, 0.15) is 39.0 Å². The summed E-state index contributed by atoms with van der Waals surface area (Å²) in [5.41, 5.74) is 1.65. The average Bonchev–Trinajstić information content (AvgIpc) is 3.12. The van der Waals surface area contributed by atoms with E-state index in [1.54, 1.807) is 23.1 Å². The van der Waals surface area contributed by atoms with E-state index in [0.29, 0.717) is 5.69 Å². The third kappa shape index (κ3) is 2.65. The predicted octanol–water partition coefficient (Wildman–Crippen LogP) is 4.48. The van der Waals surface area contributed by atoms with E-state index < -0.39 is 0 Å². The lowest BCUT2D eigenvalue weighted by Crippen LogP contribution is -2.30. The van der Waals surface area contributed by atoms with Crippen molar-refractivity contribution >= 4 is 50.8 Å². The molecule has 2 aliphatic rings. The topological polar surface area (TPSA) is 50.3 Å². The number of anilines is 1. The van der Waals surface area contributed by atoms with Gasteiger partial charge in [0.15, 0.2) is 4.34 Å². The summed E-state index contributed by atoms with van der Waals surface area (Å²) in [7, 11) is 0. The smallest absolute Gasteiger partial charge is 0.237 e. The van der Waals surface area contributed by atoms with E-state index in [-0.39, 0.29) is 23.7 Å². The Morgan fingerprint density at radius 3 is 2.58 bits per heavy atom. The summed E-state index contributed by atoms with van der Waals surface area (Å²) < 4.78 is 2.10. The molecule has 1 aliphatic carbocycles. The van der Waals surface area contributed by atoms with Gasteiger partial charge in [0.1, 0.15) is 0 Å². The van der Waals surface area contributed by atoms with Crippen LogP contribution in [0, 0.1) is 11.8 Å². The van der Waals surface area contributed by atoms with Crippen LogP contribution >= 0.6 is 23.1 Å². The Bertz CT molecular complexity index is 777. The molecular formula is C18H20N2O2S2. The van der Waals surface area contributed by atoms with Gasteiger partial charge in [-0.3, -0.25) is 14.5 Å². The van der Waals surface area contributed by atoms with Crippen molar-refractivity contribution in [1.29, 1.82) is 0 Å². The van der Waals surface area contributed by atoms with E-state index in [9.17, 15) is 9.59 Å². The van der Waals surface area contributed by atoms with Crippen molar-refractivity contribution in [2.75, 3.05) is 10.7 Å². The van der Waals surface area contributed by atoms with E-state index in [1.807, 2.05) is 18.2 Å². The van der Waals surface area contributed by atoms with Crippen molar-refractivity contribution in [2.24, 2.45) is 11.8 Å². The van der Waals surface area contributed by atoms with E-state index in [0.717, 1.165) is 52.4 Å². The number of carbonyl (C=O) groups is 2. The molecule has 1 saturated carbocycles. The van der Waals surface area contributed by atoms with Crippen LogP contribution in [0.2, 0.25) is 0 Å². The van der Waals surface area contributed by atoms with Crippen LogP contribution in [-0.4, -0.2) is 22.6 Å². The number of aromatic nitrogens is 1. The van der Waals surface area contributed by atoms with Gasteiger partial charge in [-0.2, -0.15) is 0 Å². The number of thioether (sulfide) groups is 1. The van der Waals surface area contributed by atoms with Crippen molar-refractivity contribution < 1.29 is 9.59 Å². The van der Waals surface area contributed by atoms with Gasteiger partial charge in [0.25, 0.3) is 0 Å². The SMILES string of the molecule is CCCSc1nc2ccc(N3C(=O)[C@@H]4CCCC[C@H]4C3=O)cc2s1. The van der Waals surface area contributed by atoms with Gasteiger partial charge in [0.2, 0.25) is 11.8 Å². The Morgan fingerprint density at radius 1 is 1.21 bits per heavy atom. The summed E-state index contributed by atoms with van der Waals surface area (Å²) in [5.74, 6) is 0.848.